The zero-order valence-electron chi connectivity index (χ0n) is 28.7. The number of phenolic OH excluding ortho intramolecular Hbond substituents is 1. The topological polar surface area (TPSA) is 139 Å². The molecule has 4 aliphatic rings. The number of nitrogens with two attached hydrogens (primary N) is 1. The van der Waals surface area contributed by atoms with E-state index < -0.39 is 0 Å². The Balaban J connectivity index is 0.825. The summed E-state index contributed by atoms with van der Waals surface area (Å²) in [4.78, 5) is 23.7. The van der Waals surface area contributed by atoms with Crippen LogP contribution >= 0.6 is 0 Å². The molecule has 4 aromatic rings. The Labute approximate surface area is 298 Å². The van der Waals surface area contributed by atoms with Gasteiger partial charge in [-0.2, -0.15) is 0 Å². The van der Waals surface area contributed by atoms with Crippen molar-refractivity contribution in [2.45, 2.75) is 81.9 Å². The van der Waals surface area contributed by atoms with Crippen molar-refractivity contribution < 1.29 is 24.1 Å². The lowest BCUT2D eigenvalue weighted by Gasteiger charge is -2.39. The SMILES string of the molecule is Nc1nnc(-c2ccccc2O)cc1N1CCC2CCC(C1)N2c1ccnc(OC2CC(OC3CCN(C(=O)OCc4ccccc4)CC3)C2)c1. The van der Waals surface area contributed by atoms with Gasteiger partial charge < -0.3 is 39.8 Å². The summed E-state index contributed by atoms with van der Waals surface area (Å²) in [5, 5.41) is 19.0. The summed E-state index contributed by atoms with van der Waals surface area (Å²) in [6.07, 6.45) is 8.45. The highest BCUT2D eigenvalue weighted by molar-refractivity contribution is 5.74. The number of fused-ring (bicyclic) bond motifs is 2. The predicted octanol–water partition coefficient (Wildman–Crippen LogP) is 5.80. The summed E-state index contributed by atoms with van der Waals surface area (Å²) >= 11 is 0. The minimum absolute atomic E-state index is 0.0718. The third-order valence-electron chi connectivity index (χ3n) is 10.8. The van der Waals surface area contributed by atoms with E-state index in [0.29, 0.717) is 54.7 Å². The minimum Gasteiger partial charge on any atom is -0.507 e. The summed E-state index contributed by atoms with van der Waals surface area (Å²) in [6, 6.07) is 23.7. The number of amides is 1. The third kappa shape index (κ3) is 7.37. The summed E-state index contributed by atoms with van der Waals surface area (Å²) in [5.74, 6) is 1.21. The number of nitrogen functional groups attached to an aromatic ring is 1. The average Bonchev–Trinajstić information content (AvgIpc) is 3.44. The number of pyridine rings is 1. The molecule has 8 rings (SSSR count). The molecule has 1 amide bonds. The zero-order valence-corrected chi connectivity index (χ0v) is 28.7. The smallest absolute Gasteiger partial charge is 0.410 e. The van der Waals surface area contributed by atoms with Crippen LogP contribution in [0.4, 0.5) is 22.0 Å². The molecule has 2 aromatic carbocycles. The number of carbonyl (C=O) groups is 1. The zero-order chi connectivity index (χ0) is 34.7. The Hall–Kier alpha value is -5.10. The number of hydrogen-bond donors (Lipinski definition) is 2. The lowest BCUT2D eigenvalue weighted by Crippen LogP contribution is -2.46. The molecule has 2 aromatic heterocycles. The van der Waals surface area contributed by atoms with Gasteiger partial charge in [0.2, 0.25) is 5.88 Å². The molecule has 3 N–H and O–H groups in total. The second-order valence-corrected chi connectivity index (χ2v) is 14.1. The molecule has 1 saturated carbocycles. The van der Waals surface area contributed by atoms with Crippen molar-refractivity contribution in [1.29, 1.82) is 0 Å². The van der Waals surface area contributed by atoms with E-state index in [1.807, 2.05) is 54.7 Å². The van der Waals surface area contributed by atoms with Crippen molar-refractivity contribution in [2.24, 2.45) is 0 Å². The second-order valence-electron chi connectivity index (χ2n) is 14.1. The lowest BCUT2D eigenvalue weighted by atomic mass is 9.91. The molecule has 2 atom stereocenters. The van der Waals surface area contributed by atoms with E-state index >= 15 is 0 Å². The van der Waals surface area contributed by atoms with Crippen LogP contribution in [0.3, 0.4) is 0 Å². The number of piperidine rings is 1. The summed E-state index contributed by atoms with van der Waals surface area (Å²) < 4.78 is 18.3. The van der Waals surface area contributed by atoms with Crippen LogP contribution in [0.2, 0.25) is 0 Å². The summed E-state index contributed by atoms with van der Waals surface area (Å²) in [6.45, 7) is 3.23. The number of ether oxygens (including phenoxy) is 3. The van der Waals surface area contributed by atoms with Crippen LogP contribution in [0.5, 0.6) is 11.6 Å². The fraction of sp³-hybridized carbons (Fsp3) is 0.436. The first-order valence-corrected chi connectivity index (χ1v) is 18.2. The van der Waals surface area contributed by atoms with E-state index in [1.165, 1.54) is 0 Å². The minimum atomic E-state index is -0.260. The van der Waals surface area contributed by atoms with Crippen molar-refractivity contribution >= 4 is 23.3 Å². The number of aromatic nitrogens is 3. The van der Waals surface area contributed by atoms with Crippen LogP contribution in [-0.2, 0) is 16.1 Å². The van der Waals surface area contributed by atoms with Gasteiger partial charge in [0.05, 0.1) is 23.6 Å². The maximum atomic E-state index is 12.5. The van der Waals surface area contributed by atoms with Crippen LogP contribution < -0.4 is 20.3 Å². The van der Waals surface area contributed by atoms with Crippen LogP contribution in [0, 0.1) is 0 Å². The van der Waals surface area contributed by atoms with E-state index in [1.54, 1.807) is 17.0 Å². The Morgan fingerprint density at radius 2 is 1.63 bits per heavy atom. The quantitative estimate of drug-likeness (QED) is 0.220. The fourth-order valence-electron chi connectivity index (χ4n) is 7.96. The maximum Gasteiger partial charge on any atom is 0.410 e. The molecule has 1 aliphatic carbocycles. The highest BCUT2D eigenvalue weighted by atomic mass is 16.6. The molecule has 3 aliphatic heterocycles. The number of nitrogens with zero attached hydrogens (tertiary/aromatic N) is 6. The Bertz CT molecular complexity index is 1810. The van der Waals surface area contributed by atoms with E-state index in [-0.39, 0.29) is 30.2 Å². The monoisotopic (exact) mass is 691 g/mol. The number of likely N-dealkylation sites (tertiary alicyclic amines) is 1. The van der Waals surface area contributed by atoms with Crippen molar-refractivity contribution in [3.05, 3.63) is 84.6 Å². The van der Waals surface area contributed by atoms with Crippen molar-refractivity contribution in [3.8, 4) is 22.9 Å². The Morgan fingerprint density at radius 1 is 0.843 bits per heavy atom. The van der Waals surface area contributed by atoms with Gasteiger partial charge in [0.25, 0.3) is 0 Å². The van der Waals surface area contributed by atoms with Crippen LogP contribution in [0.25, 0.3) is 11.3 Å². The van der Waals surface area contributed by atoms with Gasteiger partial charge in [-0.3, -0.25) is 0 Å². The molecule has 5 heterocycles. The lowest BCUT2D eigenvalue weighted by molar-refractivity contribution is -0.109. The van der Waals surface area contributed by atoms with Crippen molar-refractivity contribution in [3.63, 3.8) is 0 Å². The Morgan fingerprint density at radius 3 is 2.45 bits per heavy atom. The molecule has 2 unspecified atom stereocenters. The van der Waals surface area contributed by atoms with Crippen LogP contribution in [0.1, 0.15) is 50.5 Å². The molecule has 0 spiro atoms. The van der Waals surface area contributed by atoms with Gasteiger partial charge in [-0.1, -0.05) is 42.5 Å². The summed E-state index contributed by atoms with van der Waals surface area (Å²) in [5.41, 5.74) is 10.6. The molecule has 3 saturated heterocycles. The number of anilines is 3. The first-order chi connectivity index (χ1) is 25.0. The number of aromatic hydroxyl groups is 1. The number of carbonyl (C=O) groups excluding carboxylic acids is 1. The van der Waals surface area contributed by atoms with Crippen LogP contribution in [-0.4, -0.2) is 87.9 Å². The van der Waals surface area contributed by atoms with E-state index in [2.05, 4.69) is 37.1 Å². The molecular weight excluding hydrogens is 646 g/mol. The normalized spacial score (nSPS) is 23.4. The molecular formula is C39H45N7O5. The number of phenols is 1. The van der Waals surface area contributed by atoms with Gasteiger partial charge in [0.1, 0.15) is 18.5 Å². The maximum absolute atomic E-state index is 12.5. The predicted molar refractivity (Wildman–Crippen MR) is 194 cm³/mol. The molecule has 51 heavy (non-hydrogen) atoms. The number of para-hydroxylation sites is 1. The van der Waals surface area contributed by atoms with E-state index in [9.17, 15) is 9.90 Å². The average molecular weight is 692 g/mol. The van der Waals surface area contributed by atoms with Gasteiger partial charge in [-0.25, -0.2) is 9.78 Å². The largest absolute Gasteiger partial charge is 0.507 e. The van der Waals surface area contributed by atoms with Crippen molar-refractivity contribution in [1.82, 2.24) is 20.1 Å². The molecule has 2 bridgehead atoms. The van der Waals surface area contributed by atoms with E-state index in [4.69, 9.17) is 19.9 Å². The number of hydrogen-bond acceptors (Lipinski definition) is 11. The first kappa shape index (κ1) is 33.1. The molecule has 266 valence electrons. The van der Waals surface area contributed by atoms with Gasteiger partial charge >= 0.3 is 6.09 Å². The van der Waals surface area contributed by atoms with Gasteiger partial charge in [0, 0.05) is 74.6 Å². The standard InChI is InChI=1S/C39H45N7O5/c40-38-35(23-34(42-43-38)33-8-4-5-9-36(33)47)45-17-13-27-10-11-29(24-45)46(27)28-12-16-41-37(20-28)51-32-21-31(22-32)50-30-14-18-44(19-15-30)39(48)49-25-26-6-2-1-3-7-26/h1-9,12,16,20,23,27,29-32,47H,10-11,13-15,17-19,21-22,24-25H2,(H2,40,43). The van der Waals surface area contributed by atoms with Crippen molar-refractivity contribution in [2.75, 3.05) is 41.7 Å². The highest BCUT2D eigenvalue weighted by Crippen LogP contribution is 2.39. The molecule has 12 nitrogen and oxygen atoms in total. The van der Waals surface area contributed by atoms with Gasteiger partial charge in [0.15, 0.2) is 5.82 Å². The van der Waals surface area contributed by atoms with E-state index in [0.717, 1.165) is 75.0 Å². The molecule has 0 radical (unpaired) electrons. The number of rotatable bonds is 9. The van der Waals surface area contributed by atoms with Gasteiger partial charge in [-0.05, 0) is 61.9 Å². The highest BCUT2D eigenvalue weighted by Gasteiger charge is 2.39. The molecule has 4 fully saturated rings. The molecule has 12 heteroatoms. The fourth-order valence-corrected chi connectivity index (χ4v) is 7.96. The Kier molecular flexibility index (Phi) is 9.49. The number of benzene rings is 2. The summed E-state index contributed by atoms with van der Waals surface area (Å²) in [7, 11) is 0. The third-order valence-corrected chi connectivity index (χ3v) is 10.8. The first-order valence-electron chi connectivity index (χ1n) is 18.2. The van der Waals surface area contributed by atoms with Crippen LogP contribution in [0.15, 0.2) is 79.0 Å². The van der Waals surface area contributed by atoms with Gasteiger partial charge in [-0.15, -0.1) is 10.2 Å². The second kappa shape index (κ2) is 14.6.